The number of amides is 1. The molecule has 0 unspecified atom stereocenters. The minimum atomic E-state index is -1.19. The van der Waals surface area contributed by atoms with E-state index in [1.807, 2.05) is 72.3 Å². The fourth-order valence-corrected chi connectivity index (χ4v) is 2.82. The molecule has 7 nitrogen and oxygen atoms in total. The van der Waals surface area contributed by atoms with Gasteiger partial charge in [-0.2, -0.15) is 5.10 Å². The zero-order chi connectivity index (χ0) is 21.3. The summed E-state index contributed by atoms with van der Waals surface area (Å²) in [7, 11) is 0. The van der Waals surface area contributed by atoms with Gasteiger partial charge in [0.2, 0.25) is 0 Å². The van der Waals surface area contributed by atoms with E-state index in [-0.39, 0.29) is 35.5 Å². The third-order valence-corrected chi connectivity index (χ3v) is 4.23. The van der Waals surface area contributed by atoms with Crippen molar-refractivity contribution in [3.63, 3.8) is 0 Å². The molecule has 0 spiro atoms. The van der Waals surface area contributed by atoms with Gasteiger partial charge in [-0.05, 0) is 36.3 Å². The predicted octanol–water partition coefficient (Wildman–Crippen LogP) is -0.502. The molecule has 31 heavy (non-hydrogen) atoms. The number of para-hydroxylation sites is 1. The predicted molar refractivity (Wildman–Crippen MR) is 113 cm³/mol. The second-order valence-electron chi connectivity index (χ2n) is 6.68. The summed E-state index contributed by atoms with van der Waals surface area (Å²) in [5, 5.41) is 15.8. The first-order valence-electron chi connectivity index (χ1n) is 9.37. The fraction of sp³-hybridized carbons (Fsp3) is 0.130. The van der Waals surface area contributed by atoms with Crippen LogP contribution < -0.4 is 39.7 Å². The van der Waals surface area contributed by atoms with Crippen molar-refractivity contribution in [3.8, 4) is 0 Å². The average Bonchev–Trinajstić information content (AvgIpc) is 3.37. The number of carboxylic acids is 1. The van der Waals surface area contributed by atoms with Crippen molar-refractivity contribution in [2.75, 3.05) is 5.01 Å². The third kappa shape index (κ3) is 7.64. The minimum absolute atomic E-state index is 0. The maximum absolute atomic E-state index is 11.4. The maximum atomic E-state index is 11.4. The molecule has 1 aromatic heterocycles. The number of aliphatic carboxylic acids is 1. The molecule has 1 aliphatic rings. The van der Waals surface area contributed by atoms with Crippen LogP contribution in [0.2, 0.25) is 0 Å². The Labute approximate surface area is 203 Å². The molecule has 2 aromatic carbocycles. The second kappa shape index (κ2) is 12.0. The van der Waals surface area contributed by atoms with Crippen LogP contribution in [0.3, 0.4) is 0 Å². The largest absolute Gasteiger partial charge is 1.00 e. The first kappa shape index (κ1) is 24.3. The van der Waals surface area contributed by atoms with Gasteiger partial charge in [0.25, 0.3) is 5.91 Å². The number of anilines is 1. The van der Waals surface area contributed by atoms with Crippen LogP contribution in [-0.2, 0) is 16.1 Å². The van der Waals surface area contributed by atoms with Crippen LogP contribution in [-0.4, -0.2) is 27.1 Å². The van der Waals surface area contributed by atoms with Gasteiger partial charge in [-0.3, -0.25) is 4.79 Å². The molecule has 4 rings (SSSR count). The standard InChI is InChI=1S/C13H12N2O2.C10H10N2O.Na/c16-13(17)6-5-11-1-3-12(4-2-11)9-15-8-7-14-10-15;1-8-7-10(13)12(11-8)9-5-3-2-4-6-9;/h1-8,10H,9H2,(H,16,17);2-6H,7H2,1H3;/q;;+1/p-1/b6-5+;;. The van der Waals surface area contributed by atoms with Crippen LogP contribution in [0.5, 0.6) is 0 Å². The molecule has 0 radical (unpaired) electrons. The van der Waals surface area contributed by atoms with Crippen molar-refractivity contribution in [2.45, 2.75) is 19.9 Å². The topological polar surface area (TPSA) is 90.6 Å². The van der Waals surface area contributed by atoms with E-state index in [1.165, 1.54) is 11.1 Å². The summed E-state index contributed by atoms with van der Waals surface area (Å²) in [6, 6.07) is 17.1. The van der Waals surface area contributed by atoms with E-state index in [9.17, 15) is 14.7 Å². The molecule has 0 N–H and O–H groups in total. The molecule has 2 heterocycles. The molecule has 0 fully saturated rings. The Morgan fingerprint density at radius 1 is 1.13 bits per heavy atom. The summed E-state index contributed by atoms with van der Waals surface area (Å²) in [5.74, 6) is -1.14. The molecule has 0 saturated carbocycles. The Morgan fingerprint density at radius 2 is 1.84 bits per heavy atom. The Morgan fingerprint density at radius 3 is 2.39 bits per heavy atom. The van der Waals surface area contributed by atoms with Crippen molar-refractivity contribution < 1.29 is 44.3 Å². The van der Waals surface area contributed by atoms with Crippen molar-refractivity contribution in [1.29, 1.82) is 0 Å². The molecule has 3 aromatic rings. The van der Waals surface area contributed by atoms with E-state index in [2.05, 4.69) is 10.1 Å². The molecule has 1 amide bonds. The summed E-state index contributed by atoms with van der Waals surface area (Å²) < 4.78 is 1.96. The van der Waals surface area contributed by atoms with Gasteiger partial charge >= 0.3 is 29.6 Å². The van der Waals surface area contributed by atoms with Gasteiger partial charge in [0, 0.05) is 24.7 Å². The molecular formula is C23H21N4NaO3. The van der Waals surface area contributed by atoms with Gasteiger partial charge in [-0.1, -0.05) is 48.5 Å². The van der Waals surface area contributed by atoms with Crippen LogP contribution >= 0.6 is 0 Å². The number of benzene rings is 2. The Kier molecular flexibility index (Phi) is 9.40. The van der Waals surface area contributed by atoms with Gasteiger partial charge in [0.05, 0.1) is 24.4 Å². The number of carboxylic acid groups (broad SMARTS) is 1. The van der Waals surface area contributed by atoms with Crippen LogP contribution in [0.15, 0.2) is 84.5 Å². The SMILES string of the molecule is CC1=NN(c2ccccc2)C(=O)C1.O=C([O-])/C=C/c1ccc(Cn2ccnc2)cc1.[Na+]. The zero-order valence-corrected chi connectivity index (χ0v) is 19.5. The molecule has 0 bridgehead atoms. The first-order chi connectivity index (χ1) is 14.5. The number of aromatic nitrogens is 2. The normalized spacial score (nSPS) is 12.7. The Bertz CT molecular complexity index is 1050. The minimum Gasteiger partial charge on any atom is -0.545 e. The average molecular weight is 424 g/mol. The number of hydrogen-bond acceptors (Lipinski definition) is 5. The Balaban J connectivity index is 0.000000220. The smallest absolute Gasteiger partial charge is 0.545 e. The molecule has 0 atom stereocenters. The van der Waals surface area contributed by atoms with Gasteiger partial charge in [0.1, 0.15) is 0 Å². The van der Waals surface area contributed by atoms with Crippen LogP contribution in [0.4, 0.5) is 5.69 Å². The maximum Gasteiger partial charge on any atom is 1.00 e. The van der Waals surface area contributed by atoms with Crippen LogP contribution in [0.25, 0.3) is 6.08 Å². The number of imidazole rings is 1. The van der Waals surface area contributed by atoms with Crippen molar-refractivity contribution >= 4 is 29.4 Å². The number of hydrazone groups is 1. The first-order valence-corrected chi connectivity index (χ1v) is 9.37. The van der Waals surface area contributed by atoms with E-state index >= 15 is 0 Å². The zero-order valence-electron chi connectivity index (χ0n) is 17.5. The number of hydrogen-bond donors (Lipinski definition) is 0. The Hall–Kier alpha value is -3.00. The van der Waals surface area contributed by atoms with E-state index in [0.717, 1.165) is 35.1 Å². The van der Waals surface area contributed by atoms with Gasteiger partial charge < -0.3 is 14.5 Å². The van der Waals surface area contributed by atoms with E-state index < -0.39 is 5.97 Å². The van der Waals surface area contributed by atoms with Gasteiger partial charge in [-0.25, -0.2) is 9.99 Å². The molecule has 8 heteroatoms. The molecule has 0 saturated heterocycles. The monoisotopic (exact) mass is 424 g/mol. The summed E-state index contributed by atoms with van der Waals surface area (Å²) >= 11 is 0. The summed E-state index contributed by atoms with van der Waals surface area (Å²) in [6.45, 7) is 2.62. The summed E-state index contributed by atoms with van der Waals surface area (Å²) in [4.78, 5) is 25.6. The van der Waals surface area contributed by atoms with Gasteiger partial charge in [0.15, 0.2) is 0 Å². The summed E-state index contributed by atoms with van der Waals surface area (Å²) in [6.07, 6.45) is 8.35. The van der Waals surface area contributed by atoms with Crippen LogP contribution in [0.1, 0.15) is 24.5 Å². The van der Waals surface area contributed by atoms with Crippen molar-refractivity contribution in [2.24, 2.45) is 5.10 Å². The van der Waals surface area contributed by atoms with E-state index in [0.29, 0.717) is 6.42 Å². The number of carbonyl (C=O) groups is 2. The molecule has 0 aliphatic carbocycles. The van der Waals surface area contributed by atoms with Crippen molar-refractivity contribution in [1.82, 2.24) is 9.55 Å². The fourth-order valence-electron chi connectivity index (χ4n) is 2.82. The van der Waals surface area contributed by atoms with Crippen LogP contribution in [0, 0.1) is 0 Å². The number of carbonyl (C=O) groups excluding carboxylic acids is 2. The number of nitrogens with zero attached hydrogens (tertiary/aromatic N) is 4. The quantitative estimate of drug-likeness (QED) is 0.408. The number of rotatable bonds is 5. The van der Waals surface area contributed by atoms with E-state index in [4.69, 9.17) is 0 Å². The summed E-state index contributed by atoms with van der Waals surface area (Å²) in [5.41, 5.74) is 3.68. The molecular weight excluding hydrogens is 403 g/mol. The van der Waals surface area contributed by atoms with Gasteiger partial charge in [-0.15, -0.1) is 0 Å². The third-order valence-electron chi connectivity index (χ3n) is 4.23. The molecule has 152 valence electrons. The van der Waals surface area contributed by atoms with E-state index in [1.54, 1.807) is 12.5 Å². The van der Waals surface area contributed by atoms with Crippen molar-refractivity contribution in [3.05, 3.63) is 90.5 Å². The second-order valence-corrected chi connectivity index (χ2v) is 6.68. The molecule has 1 aliphatic heterocycles.